The molecule has 39 heavy (non-hydrogen) atoms. The Labute approximate surface area is 228 Å². The maximum atomic E-state index is 13.9. The zero-order valence-corrected chi connectivity index (χ0v) is 24.0. The third-order valence-corrected chi connectivity index (χ3v) is 7.62. The largest absolute Gasteiger partial charge is 0.407 e. The van der Waals surface area contributed by atoms with Crippen LogP contribution in [0.3, 0.4) is 0 Å². The molecule has 1 unspecified atom stereocenters. The Kier molecular flexibility index (Phi) is 12.6. The van der Waals surface area contributed by atoms with Gasteiger partial charge in [-0.15, -0.1) is 0 Å². The normalized spacial score (nSPS) is 13.5. The minimum Gasteiger partial charge on any atom is -0.342 e. The van der Waals surface area contributed by atoms with E-state index in [9.17, 15) is 34.8 Å². The summed E-state index contributed by atoms with van der Waals surface area (Å²) in [7, 11) is -6.02. The second-order valence-electron chi connectivity index (χ2n) is 9.33. The summed E-state index contributed by atoms with van der Waals surface area (Å²) in [6, 6.07) is 10.2. The van der Waals surface area contributed by atoms with E-state index in [-0.39, 0.29) is 35.1 Å². The number of amides is 1. The monoisotopic (exact) mass is 589 g/mol. The average Bonchev–Trinajstić information content (AvgIpc) is 2.83. The lowest BCUT2D eigenvalue weighted by Crippen LogP contribution is -2.49. The van der Waals surface area contributed by atoms with Gasteiger partial charge in [0.05, 0.1) is 17.0 Å². The molecular formula is C26H34F3N3O5S2. The first kappa shape index (κ1) is 34.1. The number of alkyl halides is 3. The number of carbonyl (C=O) groups excluding carboxylic acids is 1. The maximum absolute atomic E-state index is 13.9. The number of nitriles is 1. The smallest absolute Gasteiger partial charge is 0.342 e. The van der Waals surface area contributed by atoms with Gasteiger partial charge in [0.15, 0.2) is 9.84 Å². The lowest BCUT2D eigenvalue weighted by atomic mass is 9.97. The highest BCUT2D eigenvalue weighted by Crippen LogP contribution is 2.34. The molecule has 2 rings (SSSR count). The van der Waals surface area contributed by atoms with Crippen LogP contribution >= 0.6 is 0 Å². The summed E-state index contributed by atoms with van der Waals surface area (Å²) in [6.45, 7) is 4.91. The van der Waals surface area contributed by atoms with Crippen molar-refractivity contribution >= 4 is 25.6 Å². The van der Waals surface area contributed by atoms with Crippen molar-refractivity contribution in [2.45, 2.75) is 50.3 Å². The molecule has 2 atom stereocenters. The third kappa shape index (κ3) is 12.2. The van der Waals surface area contributed by atoms with E-state index in [2.05, 4.69) is 10.6 Å². The van der Waals surface area contributed by atoms with Gasteiger partial charge in [-0.05, 0) is 41.2 Å². The minimum atomic E-state index is -4.66. The van der Waals surface area contributed by atoms with Crippen LogP contribution in [0.25, 0.3) is 11.1 Å². The molecule has 0 saturated heterocycles. The lowest BCUT2D eigenvalue weighted by molar-refractivity contribution is -0.161. The number of hydrogen-bond acceptors (Lipinski definition) is 7. The Balaban J connectivity index is 0.00000113. The van der Waals surface area contributed by atoms with Crippen LogP contribution in [0, 0.1) is 17.2 Å². The van der Waals surface area contributed by atoms with Crippen molar-refractivity contribution < 1.29 is 34.8 Å². The second-order valence-corrected chi connectivity index (χ2v) is 13.8. The molecule has 0 aliphatic rings. The van der Waals surface area contributed by atoms with E-state index >= 15 is 0 Å². The first-order chi connectivity index (χ1) is 17.9. The van der Waals surface area contributed by atoms with E-state index in [1.165, 1.54) is 42.7 Å². The molecule has 1 amide bonds. The number of rotatable bonds is 10. The third-order valence-electron chi connectivity index (χ3n) is 5.44. The van der Waals surface area contributed by atoms with E-state index < -0.39 is 43.8 Å². The van der Waals surface area contributed by atoms with Gasteiger partial charge < -0.3 is 5.32 Å². The van der Waals surface area contributed by atoms with E-state index in [4.69, 9.17) is 5.26 Å². The van der Waals surface area contributed by atoms with Gasteiger partial charge in [-0.1, -0.05) is 57.2 Å². The van der Waals surface area contributed by atoms with Crippen LogP contribution in [0.4, 0.5) is 13.2 Å². The standard InChI is InChI=1S/C23H26F3N3O3S.C3H8O2S/c1-15(2)14-20(22(30)28-13-12-27)29-21(23(24,25)26)18-6-4-16(5-7-18)17-8-10-19(11-9-17)33(3,31)32;1-3-6(2,4)5/h4-11,15,20-21,29H,13-14H2,1-3H3,(H,28,30);3H2,1-2H3/t20-,21?;/m0./s1. The van der Waals surface area contributed by atoms with Gasteiger partial charge in [0.2, 0.25) is 5.91 Å². The van der Waals surface area contributed by atoms with Gasteiger partial charge in [0, 0.05) is 18.3 Å². The summed E-state index contributed by atoms with van der Waals surface area (Å²) in [5, 5.41) is 13.4. The quantitative estimate of drug-likeness (QED) is 0.400. The van der Waals surface area contributed by atoms with Gasteiger partial charge in [0.1, 0.15) is 22.4 Å². The van der Waals surface area contributed by atoms with Crippen molar-refractivity contribution in [3.63, 3.8) is 0 Å². The molecule has 0 aromatic heterocycles. The number of nitrogens with zero attached hydrogens (tertiary/aromatic N) is 1. The molecule has 0 bridgehead atoms. The highest BCUT2D eigenvalue weighted by Gasteiger charge is 2.42. The number of hydrogen-bond donors (Lipinski definition) is 2. The van der Waals surface area contributed by atoms with Crippen molar-refractivity contribution in [2.75, 3.05) is 24.8 Å². The molecule has 0 radical (unpaired) electrons. The van der Waals surface area contributed by atoms with E-state index in [0.29, 0.717) is 11.1 Å². The summed E-state index contributed by atoms with van der Waals surface area (Å²) in [5.41, 5.74) is 1.20. The van der Waals surface area contributed by atoms with Gasteiger partial charge in [0.25, 0.3) is 0 Å². The molecule has 13 heteroatoms. The Morgan fingerprint density at radius 3 is 1.77 bits per heavy atom. The molecule has 2 N–H and O–H groups in total. The van der Waals surface area contributed by atoms with Crippen molar-refractivity contribution in [3.8, 4) is 17.2 Å². The predicted molar refractivity (Wildman–Crippen MR) is 144 cm³/mol. The first-order valence-electron chi connectivity index (χ1n) is 11.9. The van der Waals surface area contributed by atoms with Crippen molar-refractivity contribution in [2.24, 2.45) is 5.92 Å². The molecule has 0 aliphatic heterocycles. The first-order valence-corrected chi connectivity index (χ1v) is 15.9. The zero-order valence-electron chi connectivity index (χ0n) is 22.4. The molecule has 0 heterocycles. The summed E-state index contributed by atoms with van der Waals surface area (Å²) < 4.78 is 84.9. The summed E-state index contributed by atoms with van der Waals surface area (Å²) in [6.07, 6.45) is -2.20. The van der Waals surface area contributed by atoms with Gasteiger partial charge in [-0.2, -0.15) is 18.4 Å². The zero-order chi connectivity index (χ0) is 30.0. The molecule has 2 aromatic carbocycles. The van der Waals surface area contributed by atoms with Crippen molar-refractivity contribution in [1.82, 2.24) is 10.6 Å². The number of nitrogens with one attached hydrogen (secondary N) is 2. The fourth-order valence-electron chi connectivity index (χ4n) is 3.32. The maximum Gasteiger partial charge on any atom is 0.407 e. The number of sulfone groups is 2. The molecule has 0 fully saturated rings. The fraction of sp³-hybridized carbons (Fsp3) is 0.462. The van der Waals surface area contributed by atoms with Crippen molar-refractivity contribution in [1.29, 1.82) is 5.26 Å². The van der Waals surface area contributed by atoms with Gasteiger partial charge in [-0.25, -0.2) is 16.8 Å². The number of benzene rings is 2. The van der Waals surface area contributed by atoms with Crippen LogP contribution in [-0.2, 0) is 24.5 Å². The molecule has 0 aliphatic carbocycles. The SMILES string of the molecule is CC(C)C[C@H](NC(c1ccc(-c2ccc(S(C)(=O)=O)cc2)cc1)C(F)(F)F)C(=O)NCC#N.CCS(C)(=O)=O. The summed E-state index contributed by atoms with van der Waals surface area (Å²) in [5.74, 6) is -0.476. The Bertz CT molecular complexity index is 1340. The van der Waals surface area contributed by atoms with Crippen LogP contribution in [0.15, 0.2) is 53.4 Å². The molecule has 216 valence electrons. The summed E-state index contributed by atoms with van der Waals surface area (Å²) in [4.78, 5) is 12.5. The van der Waals surface area contributed by atoms with Gasteiger partial charge >= 0.3 is 6.18 Å². The van der Waals surface area contributed by atoms with Crippen LogP contribution < -0.4 is 10.6 Å². The highest BCUT2D eigenvalue weighted by molar-refractivity contribution is 7.90. The molecule has 0 saturated carbocycles. The molecule has 2 aromatic rings. The Hall–Kier alpha value is -2.95. The lowest BCUT2D eigenvalue weighted by Gasteiger charge is -2.28. The number of carbonyl (C=O) groups is 1. The number of halogens is 3. The van der Waals surface area contributed by atoms with Crippen molar-refractivity contribution in [3.05, 3.63) is 54.1 Å². The predicted octanol–water partition coefficient (Wildman–Crippen LogP) is 4.06. The van der Waals surface area contributed by atoms with Crippen LogP contribution in [-0.4, -0.2) is 59.8 Å². The van der Waals surface area contributed by atoms with Crippen LogP contribution in [0.5, 0.6) is 0 Å². The van der Waals surface area contributed by atoms with Crippen LogP contribution in [0.1, 0.15) is 38.8 Å². The second kappa shape index (κ2) is 14.4. The summed E-state index contributed by atoms with van der Waals surface area (Å²) >= 11 is 0. The Morgan fingerprint density at radius 1 is 0.949 bits per heavy atom. The highest BCUT2D eigenvalue weighted by atomic mass is 32.2. The van der Waals surface area contributed by atoms with E-state index in [1.54, 1.807) is 39.0 Å². The Morgan fingerprint density at radius 2 is 1.41 bits per heavy atom. The molecule has 0 spiro atoms. The van der Waals surface area contributed by atoms with E-state index in [0.717, 1.165) is 6.26 Å². The average molecular weight is 590 g/mol. The molecule has 8 nitrogen and oxygen atoms in total. The molecular weight excluding hydrogens is 555 g/mol. The topological polar surface area (TPSA) is 133 Å². The fourth-order valence-corrected chi connectivity index (χ4v) is 3.95. The van der Waals surface area contributed by atoms with Gasteiger partial charge in [-0.3, -0.25) is 10.1 Å². The minimum absolute atomic E-state index is 0.0542. The van der Waals surface area contributed by atoms with Crippen LogP contribution in [0.2, 0.25) is 0 Å². The van der Waals surface area contributed by atoms with E-state index in [1.807, 2.05) is 0 Å².